The normalized spacial score (nSPS) is 43.3. The Morgan fingerprint density at radius 3 is 2.34 bits per heavy atom. The van der Waals surface area contributed by atoms with Gasteiger partial charge in [0.1, 0.15) is 0 Å². The summed E-state index contributed by atoms with van der Waals surface area (Å²) in [6.07, 6.45) is 12.7. The van der Waals surface area contributed by atoms with E-state index in [9.17, 15) is 4.79 Å². The molecule has 1 amide bonds. The zero-order chi connectivity index (χ0) is 20.1. The van der Waals surface area contributed by atoms with Gasteiger partial charge in [-0.2, -0.15) is 11.8 Å². The first-order valence-electron chi connectivity index (χ1n) is 11.6. The van der Waals surface area contributed by atoms with Crippen LogP contribution in [0.15, 0.2) is 30.3 Å². The fraction of sp³-hybridized carbons (Fsp3) is 0.720. The highest BCUT2D eigenvalue weighted by molar-refractivity contribution is 7.98. The van der Waals surface area contributed by atoms with Gasteiger partial charge in [0, 0.05) is 18.0 Å². The van der Waals surface area contributed by atoms with Crippen molar-refractivity contribution in [3.8, 4) is 0 Å². The van der Waals surface area contributed by atoms with Crippen molar-refractivity contribution in [1.29, 1.82) is 0 Å². The molecule has 5 saturated carbocycles. The number of amides is 1. The van der Waals surface area contributed by atoms with Gasteiger partial charge in [-0.1, -0.05) is 30.3 Å². The molecule has 0 saturated heterocycles. The molecule has 1 aromatic rings. The molecule has 0 aromatic heterocycles. The predicted octanol–water partition coefficient (Wildman–Crippen LogP) is 4.50. The van der Waals surface area contributed by atoms with Crippen molar-refractivity contribution in [2.75, 3.05) is 12.0 Å². The summed E-state index contributed by atoms with van der Waals surface area (Å²) in [4.78, 5) is 13.4. The van der Waals surface area contributed by atoms with Crippen LogP contribution in [0.1, 0.15) is 63.4 Å². The lowest BCUT2D eigenvalue weighted by Crippen LogP contribution is -2.61. The van der Waals surface area contributed by atoms with E-state index in [0.717, 1.165) is 25.7 Å². The van der Waals surface area contributed by atoms with E-state index >= 15 is 0 Å². The van der Waals surface area contributed by atoms with E-state index in [1.807, 2.05) is 11.8 Å². The van der Waals surface area contributed by atoms with Gasteiger partial charge < -0.3 is 11.1 Å². The molecule has 2 atom stereocenters. The zero-order valence-corrected chi connectivity index (χ0v) is 18.6. The molecule has 5 aliphatic rings. The SMILES string of the molecule is CSCC12CC3CC(c4ccccc4)(CC(C1)C3C(=O)N[C@H]1CC[C@H](N)CC1)C2. The highest BCUT2D eigenvalue weighted by atomic mass is 32.2. The van der Waals surface area contributed by atoms with Crippen LogP contribution in [0.4, 0.5) is 0 Å². The summed E-state index contributed by atoms with van der Waals surface area (Å²) in [7, 11) is 0. The highest BCUT2D eigenvalue weighted by Gasteiger charge is 2.62. The van der Waals surface area contributed by atoms with E-state index in [1.54, 1.807) is 0 Å². The molecule has 4 heteroatoms. The van der Waals surface area contributed by atoms with Crippen LogP contribution in [-0.4, -0.2) is 30.0 Å². The van der Waals surface area contributed by atoms with Crippen molar-refractivity contribution >= 4 is 17.7 Å². The standard InChI is InChI=1S/C25H36N2OS/c1-29-16-24-11-17-13-25(15-24,19-5-3-2-4-6-19)14-18(12-24)22(17)23(28)27-21-9-7-20(26)8-10-21/h2-6,17-18,20-22H,7-16,26H2,1H3,(H,27,28)/t17?,18?,20-,21-,22?,24?,25?. The fourth-order valence-corrected chi connectivity index (χ4v) is 8.87. The smallest absolute Gasteiger partial charge is 0.223 e. The number of nitrogens with two attached hydrogens (primary N) is 1. The summed E-state index contributed by atoms with van der Waals surface area (Å²) in [6.45, 7) is 0. The van der Waals surface area contributed by atoms with Crippen molar-refractivity contribution in [3.05, 3.63) is 35.9 Å². The molecule has 0 aliphatic heterocycles. The van der Waals surface area contributed by atoms with E-state index in [-0.39, 0.29) is 5.92 Å². The first-order valence-corrected chi connectivity index (χ1v) is 13.0. The number of rotatable bonds is 5. The summed E-state index contributed by atoms with van der Waals surface area (Å²) in [5.74, 6) is 2.95. The summed E-state index contributed by atoms with van der Waals surface area (Å²) in [6, 6.07) is 11.9. The summed E-state index contributed by atoms with van der Waals surface area (Å²) < 4.78 is 0. The number of benzene rings is 1. The first-order chi connectivity index (χ1) is 14.0. The predicted molar refractivity (Wildman–Crippen MR) is 121 cm³/mol. The molecule has 0 radical (unpaired) electrons. The van der Waals surface area contributed by atoms with E-state index in [1.165, 1.54) is 43.4 Å². The Kier molecular flexibility index (Phi) is 5.23. The van der Waals surface area contributed by atoms with Gasteiger partial charge in [-0.15, -0.1) is 0 Å². The van der Waals surface area contributed by atoms with E-state index < -0.39 is 0 Å². The van der Waals surface area contributed by atoms with Gasteiger partial charge in [0.15, 0.2) is 0 Å². The monoisotopic (exact) mass is 412 g/mol. The van der Waals surface area contributed by atoms with Gasteiger partial charge in [-0.3, -0.25) is 4.79 Å². The molecule has 158 valence electrons. The molecule has 1 aromatic carbocycles. The number of hydrogen-bond acceptors (Lipinski definition) is 3. The van der Waals surface area contributed by atoms with Crippen molar-refractivity contribution in [2.24, 2.45) is 28.9 Å². The number of thioether (sulfide) groups is 1. The summed E-state index contributed by atoms with van der Waals surface area (Å²) in [5, 5.41) is 3.46. The number of carbonyl (C=O) groups excluding carboxylic acids is 1. The van der Waals surface area contributed by atoms with Gasteiger partial charge in [0.05, 0.1) is 0 Å². The fourth-order valence-electron chi connectivity index (χ4n) is 7.92. The maximum Gasteiger partial charge on any atom is 0.223 e. The van der Waals surface area contributed by atoms with E-state index in [4.69, 9.17) is 5.73 Å². The molecule has 0 spiro atoms. The molecule has 4 bridgehead atoms. The van der Waals surface area contributed by atoms with Crippen LogP contribution in [0.2, 0.25) is 0 Å². The summed E-state index contributed by atoms with van der Waals surface area (Å²) in [5.41, 5.74) is 8.33. The largest absolute Gasteiger partial charge is 0.353 e. The second-order valence-electron chi connectivity index (χ2n) is 10.7. The third-order valence-corrected chi connectivity index (χ3v) is 9.58. The second kappa shape index (κ2) is 7.60. The third kappa shape index (κ3) is 3.54. The van der Waals surface area contributed by atoms with Crippen LogP contribution in [-0.2, 0) is 10.2 Å². The minimum atomic E-state index is 0.234. The van der Waals surface area contributed by atoms with Crippen LogP contribution in [0.25, 0.3) is 0 Å². The molecule has 29 heavy (non-hydrogen) atoms. The van der Waals surface area contributed by atoms with Gasteiger partial charge in [0.2, 0.25) is 5.91 Å². The Bertz CT molecular complexity index is 726. The topological polar surface area (TPSA) is 55.1 Å². The van der Waals surface area contributed by atoms with Crippen molar-refractivity contribution in [3.63, 3.8) is 0 Å². The van der Waals surface area contributed by atoms with E-state index in [2.05, 4.69) is 41.9 Å². The van der Waals surface area contributed by atoms with Crippen LogP contribution >= 0.6 is 11.8 Å². The van der Waals surface area contributed by atoms with Crippen LogP contribution in [0.5, 0.6) is 0 Å². The molecule has 5 fully saturated rings. The summed E-state index contributed by atoms with van der Waals surface area (Å²) >= 11 is 2.01. The molecular formula is C25H36N2OS. The van der Waals surface area contributed by atoms with Crippen molar-refractivity contribution in [1.82, 2.24) is 5.32 Å². The lowest BCUT2D eigenvalue weighted by Gasteiger charge is -2.65. The molecular weight excluding hydrogens is 376 g/mol. The molecule has 2 unspecified atom stereocenters. The minimum absolute atomic E-state index is 0.234. The maximum absolute atomic E-state index is 13.4. The molecule has 6 rings (SSSR count). The molecule has 3 nitrogen and oxygen atoms in total. The van der Waals surface area contributed by atoms with Gasteiger partial charge in [-0.25, -0.2) is 0 Å². The van der Waals surface area contributed by atoms with Gasteiger partial charge in [0.25, 0.3) is 0 Å². The Balaban J connectivity index is 1.38. The Hall–Kier alpha value is -1.00. The quantitative estimate of drug-likeness (QED) is 0.749. The Morgan fingerprint density at radius 2 is 1.72 bits per heavy atom. The van der Waals surface area contributed by atoms with Crippen molar-refractivity contribution < 1.29 is 4.79 Å². The second-order valence-corrected chi connectivity index (χ2v) is 11.6. The van der Waals surface area contributed by atoms with Crippen LogP contribution in [0, 0.1) is 23.2 Å². The first kappa shape index (κ1) is 19.9. The molecule has 0 heterocycles. The lowest BCUT2D eigenvalue weighted by molar-refractivity contribution is -0.148. The van der Waals surface area contributed by atoms with Crippen LogP contribution < -0.4 is 11.1 Å². The Morgan fingerprint density at radius 1 is 1.07 bits per heavy atom. The zero-order valence-electron chi connectivity index (χ0n) is 17.7. The van der Waals surface area contributed by atoms with E-state index in [0.29, 0.717) is 40.7 Å². The maximum atomic E-state index is 13.4. The van der Waals surface area contributed by atoms with Crippen molar-refractivity contribution in [2.45, 2.75) is 75.3 Å². The minimum Gasteiger partial charge on any atom is -0.353 e. The number of hydrogen-bond donors (Lipinski definition) is 2. The van der Waals surface area contributed by atoms with Gasteiger partial charge in [-0.05, 0) is 98.0 Å². The molecule has 3 N–H and O–H groups in total. The number of carbonyl (C=O) groups is 1. The van der Waals surface area contributed by atoms with Crippen LogP contribution in [0.3, 0.4) is 0 Å². The highest BCUT2D eigenvalue weighted by Crippen LogP contribution is 2.68. The average Bonchev–Trinajstić information content (AvgIpc) is 2.69. The Labute approximate surface area is 180 Å². The number of nitrogens with one attached hydrogen (secondary N) is 1. The molecule has 5 aliphatic carbocycles. The lowest BCUT2D eigenvalue weighted by atomic mass is 9.40. The van der Waals surface area contributed by atoms with Gasteiger partial charge >= 0.3 is 0 Å². The third-order valence-electron chi connectivity index (χ3n) is 8.68. The average molecular weight is 413 g/mol.